The number of hydrogen-bond donors (Lipinski definition) is 2. The van der Waals surface area contributed by atoms with Crippen molar-refractivity contribution in [3.05, 3.63) is 53.4 Å². The molecule has 1 amide bonds. The number of hydrogen-bond acceptors (Lipinski definition) is 4. The Hall–Kier alpha value is -2.47. The molecule has 0 bridgehead atoms. The van der Waals surface area contributed by atoms with Crippen molar-refractivity contribution < 1.29 is 4.79 Å². The molecular weight excluding hydrogens is 272 g/mol. The number of aryl methyl sites for hydroxylation is 1. The van der Waals surface area contributed by atoms with Crippen LogP contribution in [0.25, 0.3) is 10.4 Å². The first kappa shape index (κ1) is 12.6. The summed E-state index contributed by atoms with van der Waals surface area (Å²) in [5.41, 5.74) is 1.74. The van der Waals surface area contributed by atoms with Crippen LogP contribution >= 0.6 is 11.3 Å². The number of nitrogens with zero attached hydrogens (tertiary/aromatic N) is 2. The minimum atomic E-state index is -0.321. The number of amides is 1. The molecule has 2 N–H and O–H groups in total. The third-order valence-corrected chi connectivity index (χ3v) is 3.67. The normalized spacial score (nSPS) is 10.4. The Morgan fingerprint density at radius 3 is 2.80 bits per heavy atom. The lowest BCUT2D eigenvalue weighted by molar-refractivity contribution is 0.101. The predicted octanol–water partition coefficient (Wildman–Crippen LogP) is 3.09. The van der Waals surface area contributed by atoms with Crippen LogP contribution in [0.3, 0.4) is 0 Å². The predicted molar refractivity (Wildman–Crippen MR) is 78.8 cm³/mol. The van der Waals surface area contributed by atoms with Gasteiger partial charge in [-0.1, -0.05) is 24.3 Å². The number of rotatable bonds is 3. The Kier molecular flexibility index (Phi) is 3.30. The third kappa shape index (κ3) is 2.46. The Bertz CT molecular complexity index is 733. The lowest BCUT2D eigenvalue weighted by atomic mass is 10.1. The second-order valence-electron chi connectivity index (χ2n) is 4.22. The maximum absolute atomic E-state index is 12.1. The Morgan fingerprint density at radius 2 is 2.10 bits per heavy atom. The summed E-state index contributed by atoms with van der Waals surface area (Å²) in [7, 11) is 0. The lowest BCUT2D eigenvalue weighted by Crippen LogP contribution is -2.14. The van der Waals surface area contributed by atoms with Crippen LogP contribution in [0.4, 0.5) is 5.69 Å². The van der Waals surface area contributed by atoms with E-state index < -0.39 is 0 Å². The number of H-pyrrole nitrogens is 1. The zero-order valence-electron chi connectivity index (χ0n) is 10.8. The second-order valence-corrected chi connectivity index (χ2v) is 5.17. The summed E-state index contributed by atoms with van der Waals surface area (Å²) >= 11 is 1.63. The van der Waals surface area contributed by atoms with E-state index >= 15 is 0 Å². The topological polar surface area (TPSA) is 70.7 Å². The van der Waals surface area contributed by atoms with E-state index in [0.29, 0.717) is 5.82 Å². The number of benzene rings is 1. The molecule has 1 aromatic carbocycles. The average Bonchev–Trinajstić information content (AvgIpc) is 3.10. The number of nitrogens with one attached hydrogen (secondary N) is 2. The van der Waals surface area contributed by atoms with Crippen LogP contribution in [-0.4, -0.2) is 21.1 Å². The number of anilines is 1. The van der Waals surface area contributed by atoms with E-state index in [1.54, 1.807) is 18.3 Å². The Balaban J connectivity index is 1.90. The SMILES string of the molecule is Cc1nc(C(=O)Nc2ccccc2-c2cccs2)n[nH]1. The van der Waals surface area contributed by atoms with Gasteiger partial charge in [0.25, 0.3) is 5.91 Å². The molecule has 0 atom stereocenters. The van der Waals surface area contributed by atoms with Gasteiger partial charge in [-0.3, -0.25) is 9.89 Å². The van der Waals surface area contributed by atoms with E-state index in [0.717, 1.165) is 16.1 Å². The molecule has 5 nitrogen and oxygen atoms in total. The number of aromatic amines is 1. The Labute approximate surface area is 119 Å². The molecule has 100 valence electrons. The number of carbonyl (C=O) groups is 1. The zero-order chi connectivity index (χ0) is 13.9. The third-order valence-electron chi connectivity index (χ3n) is 2.76. The Morgan fingerprint density at radius 1 is 1.25 bits per heavy atom. The quantitative estimate of drug-likeness (QED) is 0.776. The van der Waals surface area contributed by atoms with Crippen LogP contribution in [0.15, 0.2) is 41.8 Å². The van der Waals surface area contributed by atoms with Crippen molar-refractivity contribution in [2.75, 3.05) is 5.32 Å². The van der Waals surface area contributed by atoms with Crippen LogP contribution in [0.5, 0.6) is 0 Å². The van der Waals surface area contributed by atoms with Crippen molar-refractivity contribution in [2.24, 2.45) is 0 Å². The van der Waals surface area contributed by atoms with Gasteiger partial charge in [0, 0.05) is 16.1 Å². The molecule has 0 radical (unpaired) electrons. The van der Waals surface area contributed by atoms with Crippen molar-refractivity contribution in [3.63, 3.8) is 0 Å². The highest BCUT2D eigenvalue weighted by molar-refractivity contribution is 7.13. The van der Waals surface area contributed by atoms with Crippen molar-refractivity contribution in [1.29, 1.82) is 0 Å². The number of para-hydroxylation sites is 1. The molecule has 3 aromatic rings. The van der Waals surface area contributed by atoms with Crippen LogP contribution in [0.2, 0.25) is 0 Å². The maximum atomic E-state index is 12.1. The molecule has 0 aliphatic rings. The molecule has 0 saturated heterocycles. The smallest absolute Gasteiger partial charge is 0.295 e. The van der Waals surface area contributed by atoms with E-state index in [2.05, 4.69) is 20.5 Å². The number of thiophene rings is 1. The van der Waals surface area contributed by atoms with E-state index in [1.165, 1.54) is 0 Å². The van der Waals surface area contributed by atoms with Gasteiger partial charge in [-0.25, -0.2) is 4.98 Å². The summed E-state index contributed by atoms with van der Waals surface area (Å²) in [6.45, 7) is 1.75. The second kappa shape index (κ2) is 5.26. The molecule has 2 aromatic heterocycles. The maximum Gasteiger partial charge on any atom is 0.295 e. The van der Waals surface area contributed by atoms with Crippen molar-refractivity contribution in [1.82, 2.24) is 15.2 Å². The average molecular weight is 284 g/mol. The van der Waals surface area contributed by atoms with Crippen molar-refractivity contribution in [2.45, 2.75) is 6.92 Å². The fraction of sp³-hybridized carbons (Fsp3) is 0.0714. The molecule has 0 spiro atoms. The molecule has 2 heterocycles. The summed E-state index contributed by atoms with van der Waals surface area (Å²) in [5, 5.41) is 11.4. The molecule has 0 saturated carbocycles. The van der Waals surface area contributed by atoms with E-state index in [-0.39, 0.29) is 11.7 Å². The van der Waals surface area contributed by atoms with Crippen molar-refractivity contribution in [3.8, 4) is 10.4 Å². The molecular formula is C14H12N4OS. The van der Waals surface area contributed by atoms with E-state index in [9.17, 15) is 4.79 Å². The first-order valence-corrected chi connectivity index (χ1v) is 6.95. The van der Waals surface area contributed by atoms with Crippen LogP contribution in [-0.2, 0) is 0 Å². The van der Waals surface area contributed by atoms with Crippen LogP contribution in [0.1, 0.15) is 16.4 Å². The summed E-state index contributed by atoms with van der Waals surface area (Å²) < 4.78 is 0. The molecule has 0 fully saturated rings. The van der Waals surface area contributed by atoms with Gasteiger partial charge in [-0.05, 0) is 24.4 Å². The van der Waals surface area contributed by atoms with E-state index in [1.807, 2.05) is 41.8 Å². The highest BCUT2D eigenvalue weighted by Crippen LogP contribution is 2.31. The molecule has 0 aliphatic carbocycles. The first-order valence-electron chi connectivity index (χ1n) is 6.07. The van der Waals surface area contributed by atoms with Gasteiger partial charge in [-0.2, -0.15) is 0 Å². The molecule has 20 heavy (non-hydrogen) atoms. The van der Waals surface area contributed by atoms with Crippen LogP contribution < -0.4 is 5.32 Å². The molecule has 6 heteroatoms. The standard InChI is InChI=1S/C14H12N4OS/c1-9-15-13(18-17-9)14(19)16-11-6-3-2-5-10(11)12-7-4-8-20-12/h2-8H,1H3,(H,16,19)(H,15,17,18). The monoisotopic (exact) mass is 284 g/mol. The minimum absolute atomic E-state index is 0.142. The number of aromatic nitrogens is 3. The minimum Gasteiger partial charge on any atom is -0.319 e. The fourth-order valence-electron chi connectivity index (χ4n) is 1.86. The summed E-state index contributed by atoms with van der Waals surface area (Å²) in [4.78, 5) is 17.2. The highest BCUT2D eigenvalue weighted by Gasteiger charge is 2.14. The van der Waals surface area contributed by atoms with Gasteiger partial charge in [0.2, 0.25) is 5.82 Å². The van der Waals surface area contributed by atoms with Gasteiger partial charge in [0.05, 0.1) is 0 Å². The van der Waals surface area contributed by atoms with E-state index in [4.69, 9.17) is 0 Å². The highest BCUT2D eigenvalue weighted by atomic mass is 32.1. The first-order chi connectivity index (χ1) is 9.74. The number of carbonyl (C=O) groups excluding carboxylic acids is 1. The van der Waals surface area contributed by atoms with Gasteiger partial charge in [-0.15, -0.1) is 16.4 Å². The van der Waals surface area contributed by atoms with Gasteiger partial charge in [0.1, 0.15) is 5.82 Å². The van der Waals surface area contributed by atoms with Crippen LogP contribution in [0, 0.1) is 6.92 Å². The van der Waals surface area contributed by atoms with Gasteiger partial charge < -0.3 is 5.32 Å². The van der Waals surface area contributed by atoms with Gasteiger partial charge >= 0.3 is 0 Å². The fourth-order valence-corrected chi connectivity index (χ4v) is 2.63. The molecule has 0 aliphatic heterocycles. The summed E-state index contributed by atoms with van der Waals surface area (Å²) in [6.07, 6.45) is 0. The van der Waals surface area contributed by atoms with Crippen molar-refractivity contribution >= 4 is 22.9 Å². The largest absolute Gasteiger partial charge is 0.319 e. The molecule has 3 rings (SSSR count). The molecule has 0 unspecified atom stereocenters. The summed E-state index contributed by atoms with van der Waals surface area (Å²) in [5.74, 6) is 0.434. The lowest BCUT2D eigenvalue weighted by Gasteiger charge is -2.08. The zero-order valence-corrected chi connectivity index (χ0v) is 11.6. The van der Waals surface area contributed by atoms with Gasteiger partial charge in [0.15, 0.2) is 0 Å². The summed E-state index contributed by atoms with van der Waals surface area (Å²) in [6, 6.07) is 11.7.